The van der Waals surface area contributed by atoms with E-state index in [1.54, 1.807) is 0 Å². The lowest BCUT2D eigenvalue weighted by molar-refractivity contribution is 0.274. The highest BCUT2D eigenvalue weighted by atomic mass is 31.1. The predicted octanol–water partition coefficient (Wildman–Crippen LogP) is 2.39. The van der Waals surface area contributed by atoms with Crippen molar-refractivity contribution in [2.24, 2.45) is 0 Å². The molecular weight excluding hydrogens is 170 g/mol. The molecule has 0 saturated carbocycles. The number of unbranched alkanes of at least 4 members (excludes halogenated alkanes) is 3. The summed E-state index contributed by atoms with van der Waals surface area (Å²) in [6.07, 6.45) is 4.31. The van der Waals surface area contributed by atoms with Crippen LogP contribution in [0.4, 0.5) is 4.70 Å². The molecule has 0 amide bonds. The van der Waals surface area contributed by atoms with Gasteiger partial charge in [-0.1, -0.05) is 26.2 Å². The Morgan fingerprint density at radius 3 is 2.45 bits per heavy atom. The van der Waals surface area contributed by atoms with Crippen LogP contribution in [0.3, 0.4) is 0 Å². The van der Waals surface area contributed by atoms with Crippen LogP contribution in [-0.4, -0.2) is 11.5 Å². The molecule has 5 heteroatoms. The van der Waals surface area contributed by atoms with Crippen molar-refractivity contribution in [3.05, 3.63) is 0 Å². The van der Waals surface area contributed by atoms with Gasteiger partial charge in [-0.05, 0) is 6.42 Å². The van der Waals surface area contributed by atoms with Crippen molar-refractivity contribution in [1.82, 2.24) is 0 Å². The van der Waals surface area contributed by atoms with E-state index in [4.69, 9.17) is 4.89 Å². The van der Waals surface area contributed by atoms with Crippen molar-refractivity contribution in [2.75, 3.05) is 6.61 Å². The lowest BCUT2D eigenvalue weighted by Gasteiger charge is -1.91. The van der Waals surface area contributed by atoms with E-state index in [2.05, 4.69) is 11.4 Å². The summed E-state index contributed by atoms with van der Waals surface area (Å²) in [6.45, 7) is 2.53. The topological polar surface area (TPSA) is 46.5 Å². The monoisotopic (exact) mass is 185 g/mol. The number of hydrogen-bond acceptors (Lipinski definition) is 2. The first kappa shape index (κ1) is 13.5. The van der Waals surface area contributed by atoms with E-state index in [1.165, 1.54) is 12.8 Å². The van der Waals surface area contributed by atoms with Gasteiger partial charge >= 0.3 is 8.25 Å². The molecule has 0 heterocycles. The van der Waals surface area contributed by atoms with E-state index in [1.807, 2.05) is 0 Å². The van der Waals surface area contributed by atoms with E-state index < -0.39 is 8.25 Å². The first-order valence-electron chi connectivity index (χ1n) is 3.56. The van der Waals surface area contributed by atoms with Gasteiger partial charge in [0.1, 0.15) is 6.61 Å². The molecule has 1 atom stereocenters. The third-order valence-corrected chi connectivity index (χ3v) is 1.60. The number of hydrogen-bond donors (Lipinski definition) is 1. The SMILES string of the molecule is CCCCCCO[P+](=O)O.F. The molecule has 0 radical (unpaired) electrons. The van der Waals surface area contributed by atoms with Gasteiger partial charge in [-0.15, -0.1) is 9.42 Å². The summed E-state index contributed by atoms with van der Waals surface area (Å²) < 4.78 is 14.4. The van der Waals surface area contributed by atoms with E-state index >= 15 is 0 Å². The molecular formula is C6H15FO3P+. The standard InChI is InChI=1S/C6H13O3P.FH/c1-2-3-4-5-6-9-10(7)8;/h2-6H2,1H3;1H/p+1. The Hall–Kier alpha value is -0.0500. The average molecular weight is 185 g/mol. The van der Waals surface area contributed by atoms with Crippen LogP contribution in [0.2, 0.25) is 0 Å². The van der Waals surface area contributed by atoms with Gasteiger partial charge in [-0.2, -0.15) is 0 Å². The van der Waals surface area contributed by atoms with Gasteiger partial charge in [-0.25, -0.2) is 0 Å². The van der Waals surface area contributed by atoms with Crippen LogP contribution in [0.25, 0.3) is 0 Å². The third kappa shape index (κ3) is 13.0. The summed E-state index contributed by atoms with van der Waals surface area (Å²) in [7, 11) is -2.37. The quantitative estimate of drug-likeness (QED) is 0.510. The Morgan fingerprint density at radius 2 is 2.00 bits per heavy atom. The number of halogens is 1. The first-order chi connectivity index (χ1) is 4.77. The second-order valence-electron chi connectivity index (χ2n) is 2.13. The first-order valence-corrected chi connectivity index (χ1v) is 4.69. The Kier molecular flexibility index (Phi) is 12.2. The Balaban J connectivity index is 0. The predicted molar refractivity (Wildman–Crippen MR) is 42.4 cm³/mol. The zero-order valence-electron chi connectivity index (χ0n) is 6.65. The fraction of sp³-hybridized carbons (Fsp3) is 1.00. The molecule has 0 aromatic heterocycles. The highest BCUT2D eigenvalue weighted by Gasteiger charge is 2.09. The van der Waals surface area contributed by atoms with E-state index in [-0.39, 0.29) is 4.70 Å². The molecule has 0 bridgehead atoms. The van der Waals surface area contributed by atoms with Gasteiger partial charge in [0, 0.05) is 4.57 Å². The van der Waals surface area contributed by atoms with Crippen molar-refractivity contribution in [3.8, 4) is 0 Å². The normalized spacial score (nSPS) is 10.5. The summed E-state index contributed by atoms with van der Waals surface area (Å²) in [5.41, 5.74) is 0. The second-order valence-corrected chi connectivity index (χ2v) is 2.87. The molecule has 3 nitrogen and oxygen atoms in total. The summed E-state index contributed by atoms with van der Waals surface area (Å²) in [4.78, 5) is 8.20. The number of rotatable bonds is 6. The zero-order valence-corrected chi connectivity index (χ0v) is 7.55. The molecule has 0 aromatic rings. The Labute approximate surface area is 67.1 Å². The van der Waals surface area contributed by atoms with Crippen LogP contribution >= 0.6 is 8.25 Å². The molecule has 1 N–H and O–H groups in total. The van der Waals surface area contributed by atoms with Crippen LogP contribution in [-0.2, 0) is 9.09 Å². The van der Waals surface area contributed by atoms with E-state index in [0.29, 0.717) is 6.61 Å². The molecule has 0 saturated heterocycles. The van der Waals surface area contributed by atoms with Crippen LogP contribution in [0, 0.1) is 0 Å². The smallest absolute Gasteiger partial charge is 0.269 e. The van der Waals surface area contributed by atoms with Gasteiger partial charge in [0.2, 0.25) is 0 Å². The average Bonchev–Trinajstić information content (AvgIpc) is 1.87. The highest BCUT2D eigenvalue weighted by Crippen LogP contribution is 2.15. The van der Waals surface area contributed by atoms with Crippen LogP contribution < -0.4 is 0 Å². The molecule has 0 aliphatic rings. The third-order valence-electron chi connectivity index (χ3n) is 1.20. The summed E-state index contributed by atoms with van der Waals surface area (Å²) in [6, 6.07) is 0. The molecule has 11 heavy (non-hydrogen) atoms. The van der Waals surface area contributed by atoms with Crippen molar-refractivity contribution in [3.63, 3.8) is 0 Å². The lowest BCUT2D eigenvalue weighted by Crippen LogP contribution is -1.85. The van der Waals surface area contributed by atoms with Gasteiger partial charge in [-0.3, -0.25) is 4.70 Å². The molecule has 0 aliphatic carbocycles. The minimum absolute atomic E-state index is 0. The van der Waals surface area contributed by atoms with Crippen LogP contribution in [0.5, 0.6) is 0 Å². The Morgan fingerprint density at radius 1 is 1.36 bits per heavy atom. The molecule has 0 aliphatic heterocycles. The summed E-state index contributed by atoms with van der Waals surface area (Å²) in [5.74, 6) is 0. The van der Waals surface area contributed by atoms with Crippen LogP contribution in [0.15, 0.2) is 0 Å². The van der Waals surface area contributed by atoms with Crippen molar-refractivity contribution in [1.29, 1.82) is 0 Å². The minimum atomic E-state index is -2.37. The Bertz CT molecular complexity index is 99.8. The molecule has 0 aromatic carbocycles. The summed E-state index contributed by atoms with van der Waals surface area (Å²) >= 11 is 0. The van der Waals surface area contributed by atoms with Crippen LogP contribution in [0.1, 0.15) is 32.6 Å². The zero-order chi connectivity index (χ0) is 7.82. The maximum absolute atomic E-state index is 9.96. The fourth-order valence-electron chi connectivity index (χ4n) is 0.671. The fourth-order valence-corrected chi connectivity index (χ4v) is 0.957. The van der Waals surface area contributed by atoms with E-state index in [0.717, 1.165) is 12.8 Å². The largest absolute Gasteiger partial charge is 0.694 e. The van der Waals surface area contributed by atoms with Crippen molar-refractivity contribution >= 4 is 8.25 Å². The molecule has 1 unspecified atom stereocenters. The second kappa shape index (κ2) is 9.95. The van der Waals surface area contributed by atoms with Gasteiger partial charge in [0.25, 0.3) is 0 Å². The van der Waals surface area contributed by atoms with Gasteiger partial charge in [0.05, 0.1) is 0 Å². The van der Waals surface area contributed by atoms with Crippen molar-refractivity contribution < 1.29 is 18.7 Å². The molecule has 68 valence electrons. The highest BCUT2D eigenvalue weighted by molar-refractivity contribution is 7.32. The maximum Gasteiger partial charge on any atom is 0.694 e. The van der Waals surface area contributed by atoms with Gasteiger partial charge in [0.15, 0.2) is 0 Å². The van der Waals surface area contributed by atoms with Crippen molar-refractivity contribution in [2.45, 2.75) is 32.6 Å². The van der Waals surface area contributed by atoms with Gasteiger partial charge < -0.3 is 0 Å². The molecule has 0 fully saturated rings. The maximum atomic E-state index is 9.96. The lowest BCUT2D eigenvalue weighted by atomic mass is 10.2. The molecule has 0 spiro atoms. The molecule has 0 rings (SSSR count). The summed E-state index contributed by atoms with van der Waals surface area (Å²) in [5, 5.41) is 0. The minimum Gasteiger partial charge on any atom is -0.269 e. The van der Waals surface area contributed by atoms with E-state index in [9.17, 15) is 4.57 Å².